The molecule has 0 aliphatic heterocycles. The van der Waals surface area contributed by atoms with E-state index in [1.54, 1.807) is 6.20 Å². The van der Waals surface area contributed by atoms with E-state index in [-0.39, 0.29) is 22.6 Å². The van der Waals surface area contributed by atoms with Crippen molar-refractivity contribution in [2.24, 2.45) is 5.92 Å². The summed E-state index contributed by atoms with van der Waals surface area (Å²) >= 11 is 6.12. The van der Waals surface area contributed by atoms with E-state index < -0.39 is 0 Å². The minimum atomic E-state index is -0.282. The van der Waals surface area contributed by atoms with E-state index in [0.717, 1.165) is 25.8 Å². The Morgan fingerprint density at radius 2 is 2.29 bits per heavy atom. The van der Waals surface area contributed by atoms with Crippen LogP contribution in [0.5, 0.6) is 0 Å². The lowest BCUT2D eigenvalue weighted by Gasteiger charge is -2.17. The van der Waals surface area contributed by atoms with Crippen LogP contribution in [0.15, 0.2) is 11.0 Å². The Morgan fingerprint density at radius 3 is 2.90 bits per heavy atom. The number of anilines is 1. The highest BCUT2D eigenvalue weighted by atomic mass is 35.5. The van der Waals surface area contributed by atoms with E-state index in [2.05, 4.69) is 10.4 Å². The first kappa shape index (κ1) is 16.3. The Kier molecular flexibility index (Phi) is 5.61. The zero-order chi connectivity index (χ0) is 15.4. The molecule has 1 fully saturated rings. The number of hydrogen-bond donors (Lipinski definition) is 2. The first-order valence-electron chi connectivity index (χ1n) is 7.31. The van der Waals surface area contributed by atoms with E-state index >= 15 is 0 Å². The van der Waals surface area contributed by atoms with Crippen molar-refractivity contribution < 1.29 is 5.11 Å². The van der Waals surface area contributed by atoms with E-state index in [1.807, 2.05) is 19.0 Å². The fourth-order valence-corrected chi connectivity index (χ4v) is 2.75. The molecule has 7 heteroatoms. The van der Waals surface area contributed by atoms with Crippen molar-refractivity contribution in [1.29, 1.82) is 0 Å². The van der Waals surface area contributed by atoms with Gasteiger partial charge in [-0.1, -0.05) is 18.0 Å². The number of halogens is 1. The molecule has 118 valence electrons. The van der Waals surface area contributed by atoms with Crippen molar-refractivity contribution in [3.05, 3.63) is 21.6 Å². The van der Waals surface area contributed by atoms with Gasteiger partial charge in [0.15, 0.2) is 0 Å². The number of nitrogens with one attached hydrogen (secondary N) is 1. The average Bonchev–Trinajstić information content (AvgIpc) is 2.85. The molecular formula is C14H23ClN4O2. The molecule has 0 radical (unpaired) electrons. The van der Waals surface area contributed by atoms with Crippen LogP contribution < -0.4 is 10.9 Å². The Labute approximate surface area is 129 Å². The van der Waals surface area contributed by atoms with Crippen LogP contribution in [-0.4, -0.2) is 53.1 Å². The van der Waals surface area contributed by atoms with Crippen LogP contribution in [0.4, 0.5) is 5.69 Å². The first-order valence-corrected chi connectivity index (χ1v) is 7.69. The first-order chi connectivity index (χ1) is 9.99. The molecule has 0 aromatic carbocycles. The molecule has 1 aromatic rings. The summed E-state index contributed by atoms with van der Waals surface area (Å²) in [6.45, 7) is 1.85. The number of aliphatic hydroxyl groups is 1. The smallest absolute Gasteiger partial charge is 0.287 e. The second kappa shape index (κ2) is 7.24. The molecule has 0 bridgehead atoms. The molecule has 6 nitrogen and oxygen atoms in total. The summed E-state index contributed by atoms with van der Waals surface area (Å²) in [4.78, 5) is 14.1. The molecule has 1 aliphatic rings. The van der Waals surface area contributed by atoms with Crippen molar-refractivity contribution in [2.75, 3.05) is 32.5 Å². The predicted molar refractivity (Wildman–Crippen MR) is 83.9 cm³/mol. The molecule has 21 heavy (non-hydrogen) atoms. The van der Waals surface area contributed by atoms with Gasteiger partial charge in [-0.3, -0.25) is 4.79 Å². The van der Waals surface area contributed by atoms with Gasteiger partial charge in [0.25, 0.3) is 5.56 Å². The fraction of sp³-hybridized carbons (Fsp3) is 0.714. The molecule has 2 N–H and O–H groups in total. The molecule has 1 aromatic heterocycles. The van der Waals surface area contributed by atoms with Gasteiger partial charge in [0.2, 0.25) is 0 Å². The monoisotopic (exact) mass is 314 g/mol. The SMILES string of the molecule is CN(C)CCn1ncc(NCC2CCCC2O)c(Cl)c1=O. The van der Waals surface area contributed by atoms with Gasteiger partial charge in [0, 0.05) is 19.0 Å². The summed E-state index contributed by atoms with van der Waals surface area (Å²) in [5.74, 6) is 0.220. The van der Waals surface area contributed by atoms with Gasteiger partial charge < -0.3 is 15.3 Å². The number of aromatic nitrogens is 2. The lowest BCUT2D eigenvalue weighted by molar-refractivity contribution is 0.138. The lowest BCUT2D eigenvalue weighted by Crippen LogP contribution is -2.30. The summed E-state index contributed by atoms with van der Waals surface area (Å²) in [7, 11) is 3.88. The molecule has 0 saturated heterocycles. The largest absolute Gasteiger partial charge is 0.393 e. The van der Waals surface area contributed by atoms with Crippen LogP contribution >= 0.6 is 11.6 Å². The van der Waals surface area contributed by atoms with Gasteiger partial charge in [0.1, 0.15) is 5.02 Å². The summed E-state index contributed by atoms with van der Waals surface area (Å²) in [6.07, 6.45) is 4.22. The molecular weight excluding hydrogens is 292 g/mol. The Bertz CT molecular complexity index is 532. The average molecular weight is 315 g/mol. The van der Waals surface area contributed by atoms with Crippen LogP contribution in [0.2, 0.25) is 5.02 Å². The molecule has 0 amide bonds. The Morgan fingerprint density at radius 1 is 1.52 bits per heavy atom. The van der Waals surface area contributed by atoms with Crippen LogP contribution in [-0.2, 0) is 6.54 Å². The van der Waals surface area contributed by atoms with Crippen molar-refractivity contribution in [2.45, 2.75) is 31.9 Å². The second-order valence-corrected chi connectivity index (χ2v) is 6.22. The van der Waals surface area contributed by atoms with Crippen molar-refractivity contribution in [3.8, 4) is 0 Å². The maximum Gasteiger partial charge on any atom is 0.287 e. The third-order valence-electron chi connectivity index (χ3n) is 3.92. The van der Waals surface area contributed by atoms with Gasteiger partial charge in [-0.2, -0.15) is 5.10 Å². The molecule has 2 unspecified atom stereocenters. The van der Waals surface area contributed by atoms with E-state index in [1.165, 1.54) is 4.68 Å². The highest BCUT2D eigenvalue weighted by molar-refractivity contribution is 6.32. The quantitative estimate of drug-likeness (QED) is 0.821. The van der Waals surface area contributed by atoms with Crippen molar-refractivity contribution in [1.82, 2.24) is 14.7 Å². The fourth-order valence-electron chi connectivity index (χ4n) is 2.54. The summed E-state index contributed by atoms with van der Waals surface area (Å²) in [6, 6.07) is 0. The van der Waals surface area contributed by atoms with Gasteiger partial charge >= 0.3 is 0 Å². The van der Waals surface area contributed by atoms with Gasteiger partial charge in [0.05, 0.1) is 24.5 Å². The standard InChI is InChI=1S/C14H23ClN4O2/c1-18(2)6-7-19-14(21)13(15)11(9-17-19)16-8-10-4-3-5-12(10)20/h9-10,12,16,20H,3-8H2,1-2H3. The van der Waals surface area contributed by atoms with Crippen molar-refractivity contribution >= 4 is 17.3 Å². The van der Waals surface area contributed by atoms with Crippen LogP contribution in [0, 0.1) is 5.92 Å². The molecule has 0 spiro atoms. The minimum Gasteiger partial charge on any atom is -0.393 e. The zero-order valence-electron chi connectivity index (χ0n) is 12.5. The Balaban J connectivity index is 2.01. The zero-order valence-corrected chi connectivity index (χ0v) is 13.3. The van der Waals surface area contributed by atoms with Crippen LogP contribution in [0.1, 0.15) is 19.3 Å². The summed E-state index contributed by atoms with van der Waals surface area (Å²) in [5, 5.41) is 17.2. The predicted octanol–water partition coefficient (Wildman–Crippen LogP) is 1.03. The van der Waals surface area contributed by atoms with Crippen LogP contribution in [0.3, 0.4) is 0 Å². The van der Waals surface area contributed by atoms with Crippen LogP contribution in [0.25, 0.3) is 0 Å². The topological polar surface area (TPSA) is 70.4 Å². The maximum atomic E-state index is 12.1. The maximum absolute atomic E-state index is 12.1. The van der Waals surface area contributed by atoms with E-state index in [9.17, 15) is 9.90 Å². The number of rotatable bonds is 6. The summed E-state index contributed by atoms with van der Waals surface area (Å²) in [5.41, 5.74) is 0.261. The lowest BCUT2D eigenvalue weighted by atomic mass is 10.1. The van der Waals surface area contributed by atoms with Crippen molar-refractivity contribution in [3.63, 3.8) is 0 Å². The molecule has 2 atom stereocenters. The number of hydrogen-bond acceptors (Lipinski definition) is 5. The molecule has 1 heterocycles. The normalized spacial score (nSPS) is 22.0. The second-order valence-electron chi connectivity index (χ2n) is 5.84. The van der Waals surface area contributed by atoms with Gasteiger partial charge in [-0.05, 0) is 26.9 Å². The van der Waals surface area contributed by atoms with E-state index in [4.69, 9.17) is 11.6 Å². The molecule has 1 aliphatic carbocycles. The molecule has 1 saturated carbocycles. The third-order valence-corrected chi connectivity index (χ3v) is 4.28. The summed E-state index contributed by atoms with van der Waals surface area (Å²) < 4.78 is 1.37. The number of nitrogens with zero attached hydrogens (tertiary/aromatic N) is 3. The number of aliphatic hydroxyl groups excluding tert-OH is 1. The Hall–Kier alpha value is -1.11. The third kappa shape index (κ3) is 4.18. The van der Waals surface area contributed by atoms with Gasteiger partial charge in [-0.25, -0.2) is 4.68 Å². The van der Waals surface area contributed by atoms with Gasteiger partial charge in [-0.15, -0.1) is 0 Å². The number of likely N-dealkylation sites (N-methyl/N-ethyl adjacent to an activating group) is 1. The molecule has 2 rings (SSSR count). The van der Waals surface area contributed by atoms with E-state index in [0.29, 0.717) is 18.8 Å². The highest BCUT2D eigenvalue weighted by Gasteiger charge is 2.25. The highest BCUT2D eigenvalue weighted by Crippen LogP contribution is 2.26. The minimum absolute atomic E-state index is 0.163.